The maximum absolute atomic E-state index is 13.5. The first kappa shape index (κ1) is 16.4. The average Bonchev–Trinajstić information content (AvgIpc) is 2.48. The molecule has 116 valence electrons. The lowest BCUT2D eigenvalue weighted by atomic mass is 10.0. The van der Waals surface area contributed by atoms with E-state index in [2.05, 4.69) is 40.0 Å². The molecule has 1 amide bonds. The van der Waals surface area contributed by atoms with Gasteiger partial charge in [0.1, 0.15) is 5.82 Å². The van der Waals surface area contributed by atoms with Gasteiger partial charge in [0.05, 0.1) is 17.7 Å². The Morgan fingerprint density at radius 3 is 2.71 bits per heavy atom. The lowest BCUT2D eigenvalue weighted by Crippen LogP contribution is -2.55. The van der Waals surface area contributed by atoms with Gasteiger partial charge in [-0.1, -0.05) is 0 Å². The standard InChI is InChI=1S/C15H20BrFN2O2/c1-15(2,19-5-7-21-8-6-19)10-18-14(20)11-3-4-12(16)13(17)9-11/h3-4,9H,5-8,10H2,1-2H3,(H,18,20). The monoisotopic (exact) mass is 358 g/mol. The van der Waals surface area contributed by atoms with Crippen molar-refractivity contribution in [2.75, 3.05) is 32.8 Å². The van der Waals surface area contributed by atoms with Gasteiger partial charge in [-0.15, -0.1) is 0 Å². The van der Waals surface area contributed by atoms with Crippen LogP contribution in [-0.4, -0.2) is 49.2 Å². The van der Waals surface area contributed by atoms with Gasteiger partial charge in [0.15, 0.2) is 0 Å². The second-order valence-electron chi connectivity index (χ2n) is 5.72. The fourth-order valence-electron chi connectivity index (χ4n) is 2.32. The van der Waals surface area contributed by atoms with Gasteiger partial charge in [-0.3, -0.25) is 9.69 Å². The molecule has 0 spiro atoms. The van der Waals surface area contributed by atoms with Crippen LogP contribution in [0.25, 0.3) is 0 Å². The molecule has 0 saturated carbocycles. The van der Waals surface area contributed by atoms with Crippen LogP contribution in [0.3, 0.4) is 0 Å². The highest BCUT2D eigenvalue weighted by molar-refractivity contribution is 9.10. The average molecular weight is 359 g/mol. The SMILES string of the molecule is CC(C)(CNC(=O)c1ccc(Br)c(F)c1)N1CCOCC1. The van der Waals surface area contributed by atoms with E-state index in [1.807, 2.05) is 0 Å². The third-order valence-electron chi connectivity index (χ3n) is 3.73. The van der Waals surface area contributed by atoms with Crippen molar-refractivity contribution >= 4 is 21.8 Å². The van der Waals surface area contributed by atoms with E-state index in [1.54, 1.807) is 6.07 Å². The number of rotatable bonds is 4. The van der Waals surface area contributed by atoms with E-state index < -0.39 is 5.82 Å². The van der Waals surface area contributed by atoms with Crippen molar-refractivity contribution in [2.24, 2.45) is 0 Å². The van der Waals surface area contributed by atoms with E-state index in [4.69, 9.17) is 4.74 Å². The molecule has 0 atom stereocenters. The predicted octanol–water partition coefficient (Wildman–Crippen LogP) is 2.43. The first-order valence-electron chi connectivity index (χ1n) is 6.96. The Labute approximate surface area is 132 Å². The molecular formula is C15H20BrFN2O2. The summed E-state index contributed by atoms with van der Waals surface area (Å²) >= 11 is 3.08. The van der Waals surface area contributed by atoms with Crippen molar-refractivity contribution in [3.05, 3.63) is 34.1 Å². The molecule has 1 aromatic carbocycles. The van der Waals surface area contributed by atoms with E-state index in [0.717, 1.165) is 26.3 Å². The number of carbonyl (C=O) groups is 1. The summed E-state index contributed by atoms with van der Waals surface area (Å²) in [5.74, 6) is -0.696. The highest BCUT2D eigenvalue weighted by Crippen LogP contribution is 2.18. The van der Waals surface area contributed by atoms with E-state index in [9.17, 15) is 9.18 Å². The molecule has 1 N–H and O–H groups in total. The van der Waals surface area contributed by atoms with Gasteiger partial charge in [-0.25, -0.2) is 4.39 Å². The molecule has 0 aliphatic carbocycles. The number of halogens is 2. The summed E-state index contributed by atoms with van der Waals surface area (Å²) in [5.41, 5.74) is 0.168. The van der Waals surface area contributed by atoms with Crippen LogP contribution in [0, 0.1) is 5.82 Å². The molecule has 1 saturated heterocycles. The molecule has 1 aromatic rings. The Morgan fingerprint density at radius 1 is 1.43 bits per heavy atom. The second-order valence-corrected chi connectivity index (χ2v) is 6.58. The number of ether oxygens (including phenoxy) is 1. The van der Waals surface area contributed by atoms with Crippen molar-refractivity contribution < 1.29 is 13.9 Å². The van der Waals surface area contributed by atoms with Gasteiger partial charge in [-0.05, 0) is 48.0 Å². The predicted molar refractivity (Wildman–Crippen MR) is 82.9 cm³/mol. The van der Waals surface area contributed by atoms with Gasteiger partial charge in [0.25, 0.3) is 5.91 Å². The molecular weight excluding hydrogens is 339 g/mol. The van der Waals surface area contributed by atoms with Crippen LogP contribution in [0.2, 0.25) is 0 Å². The number of nitrogens with one attached hydrogen (secondary N) is 1. The van der Waals surface area contributed by atoms with E-state index in [1.165, 1.54) is 12.1 Å². The van der Waals surface area contributed by atoms with Crippen LogP contribution in [0.4, 0.5) is 4.39 Å². The Morgan fingerprint density at radius 2 is 2.10 bits per heavy atom. The minimum Gasteiger partial charge on any atom is -0.379 e. The summed E-state index contributed by atoms with van der Waals surface area (Å²) in [4.78, 5) is 14.4. The molecule has 0 aromatic heterocycles. The number of benzene rings is 1. The summed E-state index contributed by atoms with van der Waals surface area (Å²) < 4.78 is 19.1. The molecule has 1 aliphatic heterocycles. The van der Waals surface area contributed by atoms with Crippen molar-refractivity contribution in [1.82, 2.24) is 10.2 Å². The third kappa shape index (κ3) is 4.25. The maximum atomic E-state index is 13.5. The summed E-state index contributed by atoms with van der Waals surface area (Å²) in [5, 5.41) is 2.88. The minimum absolute atomic E-state index is 0.159. The summed E-state index contributed by atoms with van der Waals surface area (Å²) in [6.07, 6.45) is 0. The first-order valence-corrected chi connectivity index (χ1v) is 7.75. The number of hydrogen-bond donors (Lipinski definition) is 1. The van der Waals surface area contributed by atoms with Crippen LogP contribution in [0.1, 0.15) is 24.2 Å². The lowest BCUT2D eigenvalue weighted by Gasteiger charge is -2.40. The van der Waals surface area contributed by atoms with Gasteiger partial charge in [0, 0.05) is 30.7 Å². The molecule has 21 heavy (non-hydrogen) atoms. The molecule has 6 heteroatoms. The summed E-state index contributed by atoms with van der Waals surface area (Å²) in [6, 6.07) is 4.38. The highest BCUT2D eigenvalue weighted by atomic mass is 79.9. The fraction of sp³-hybridized carbons (Fsp3) is 0.533. The van der Waals surface area contributed by atoms with Gasteiger partial charge in [0.2, 0.25) is 0 Å². The highest BCUT2D eigenvalue weighted by Gasteiger charge is 2.28. The summed E-state index contributed by atoms with van der Waals surface area (Å²) in [6.45, 7) is 7.82. The van der Waals surface area contributed by atoms with E-state index in [0.29, 0.717) is 16.6 Å². The van der Waals surface area contributed by atoms with Crippen LogP contribution >= 0.6 is 15.9 Å². The normalized spacial score (nSPS) is 16.8. The number of carbonyl (C=O) groups excluding carboxylic acids is 1. The number of nitrogens with zero attached hydrogens (tertiary/aromatic N) is 1. The topological polar surface area (TPSA) is 41.6 Å². The van der Waals surface area contributed by atoms with Crippen molar-refractivity contribution in [3.8, 4) is 0 Å². The first-order chi connectivity index (χ1) is 9.90. The third-order valence-corrected chi connectivity index (χ3v) is 4.37. The number of morpholine rings is 1. The van der Waals surface area contributed by atoms with Crippen LogP contribution in [-0.2, 0) is 4.74 Å². The molecule has 0 bridgehead atoms. The Hall–Kier alpha value is -0.980. The molecule has 2 rings (SSSR count). The van der Waals surface area contributed by atoms with Crippen molar-refractivity contribution in [2.45, 2.75) is 19.4 Å². The quantitative estimate of drug-likeness (QED) is 0.898. The second kappa shape index (κ2) is 6.85. The van der Waals surface area contributed by atoms with Crippen LogP contribution in [0.5, 0.6) is 0 Å². The van der Waals surface area contributed by atoms with Crippen LogP contribution < -0.4 is 5.32 Å². The largest absolute Gasteiger partial charge is 0.379 e. The van der Waals surface area contributed by atoms with Gasteiger partial charge >= 0.3 is 0 Å². The number of amides is 1. The molecule has 4 nitrogen and oxygen atoms in total. The van der Waals surface area contributed by atoms with Gasteiger partial charge in [-0.2, -0.15) is 0 Å². The fourth-order valence-corrected chi connectivity index (χ4v) is 2.56. The zero-order chi connectivity index (χ0) is 15.5. The summed E-state index contributed by atoms with van der Waals surface area (Å²) in [7, 11) is 0. The molecule has 1 heterocycles. The zero-order valence-corrected chi connectivity index (χ0v) is 13.9. The zero-order valence-electron chi connectivity index (χ0n) is 12.3. The van der Waals surface area contributed by atoms with Crippen LogP contribution in [0.15, 0.2) is 22.7 Å². The Bertz CT molecular complexity index is 516. The van der Waals surface area contributed by atoms with E-state index in [-0.39, 0.29) is 11.4 Å². The molecule has 0 unspecified atom stereocenters. The van der Waals surface area contributed by atoms with Gasteiger partial charge < -0.3 is 10.1 Å². The Kier molecular flexibility index (Phi) is 5.35. The lowest BCUT2D eigenvalue weighted by molar-refractivity contribution is -0.00923. The van der Waals surface area contributed by atoms with Crippen molar-refractivity contribution in [1.29, 1.82) is 0 Å². The minimum atomic E-state index is -0.435. The van der Waals surface area contributed by atoms with E-state index >= 15 is 0 Å². The van der Waals surface area contributed by atoms with Crippen molar-refractivity contribution in [3.63, 3.8) is 0 Å². The molecule has 1 aliphatic rings. The molecule has 1 fully saturated rings. The number of hydrogen-bond acceptors (Lipinski definition) is 3. The Balaban J connectivity index is 1.94. The smallest absolute Gasteiger partial charge is 0.251 e. The molecule has 0 radical (unpaired) electrons. The maximum Gasteiger partial charge on any atom is 0.251 e.